The average molecular weight is 247 g/mol. The molecule has 0 aromatic heterocycles. The monoisotopic (exact) mass is 247 g/mol. The lowest BCUT2D eigenvalue weighted by atomic mass is 9.88. The van der Waals surface area contributed by atoms with Crippen molar-refractivity contribution in [3.63, 3.8) is 0 Å². The second kappa shape index (κ2) is 5.11. The summed E-state index contributed by atoms with van der Waals surface area (Å²) in [5.74, 6) is 0.0998. The van der Waals surface area contributed by atoms with E-state index in [4.69, 9.17) is 0 Å². The fourth-order valence-corrected chi connectivity index (χ4v) is 2.54. The highest BCUT2D eigenvalue weighted by Gasteiger charge is 2.36. The van der Waals surface area contributed by atoms with Gasteiger partial charge in [-0.25, -0.2) is 0 Å². The van der Waals surface area contributed by atoms with Gasteiger partial charge in [0.2, 0.25) is 5.91 Å². The van der Waals surface area contributed by atoms with Crippen LogP contribution in [0.15, 0.2) is 24.3 Å². The predicted molar refractivity (Wildman–Crippen MR) is 72.3 cm³/mol. The summed E-state index contributed by atoms with van der Waals surface area (Å²) in [6, 6.07) is 7.41. The smallest absolute Gasteiger partial charge is 0.230 e. The van der Waals surface area contributed by atoms with Crippen molar-refractivity contribution >= 4 is 11.6 Å². The van der Waals surface area contributed by atoms with E-state index in [1.54, 1.807) is 6.92 Å². The van der Waals surface area contributed by atoms with Crippen LogP contribution in [0.2, 0.25) is 0 Å². The number of aliphatic hydroxyl groups excluding tert-OH is 1. The van der Waals surface area contributed by atoms with Crippen LogP contribution in [-0.4, -0.2) is 11.0 Å². The fourth-order valence-electron chi connectivity index (χ4n) is 2.54. The summed E-state index contributed by atoms with van der Waals surface area (Å²) >= 11 is 0. The third-order valence-electron chi connectivity index (χ3n) is 3.88. The molecule has 0 aliphatic heterocycles. The number of hydrogen-bond acceptors (Lipinski definition) is 2. The van der Waals surface area contributed by atoms with Crippen LogP contribution in [0.4, 0.5) is 5.69 Å². The first kappa shape index (κ1) is 13.1. The molecule has 0 spiro atoms. The van der Waals surface area contributed by atoms with E-state index in [0.717, 1.165) is 36.9 Å². The average Bonchev–Trinajstić information content (AvgIpc) is 2.78. The highest BCUT2D eigenvalue weighted by Crippen LogP contribution is 2.38. The fraction of sp³-hybridized carbons (Fsp3) is 0.533. The minimum absolute atomic E-state index is 0.0998. The van der Waals surface area contributed by atoms with Crippen LogP contribution in [0.25, 0.3) is 0 Å². The van der Waals surface area contributed by atoms with E-state index in [1.807, 2.05) is 31.2 Å². The van der Waals surface area contributed by atoms with Gasteiger partial charge in [-0.2, -0.15) is 0 Å². The minimum Gasteiger partial charge on any atom is -0.389 e. The molecular weight excluding hydrogens is 226 g/mol. The standard InChI is InChI=1S/C15H21NO2/c1-11(17)12-6-5-7-13(10-12)16-14(18)15(2)8-3-4-9-15/h5-7,10-11,17H,3-4,8-9H2,1-2H3,(H,16,18). The summed E-state index contributed by atoms with van der Waals surface area (Å²) < 4.78 is 0. The van der Waals surface area contributed by atoms with Crippen LogP contribution < -0.4 is 5.32 Å². The third-order valence-corrected chi connectivity index (χ3v) is 3.88. The summed E-state index contributed by atoms with van der Waals surface area (Å²) in [6.07, 6.45) is 3.70. The third kappa shape index (κ3) is 2.72. The van der Waals surface area contributed by atoms with Gasteiger partial charge in [-0.1, -0.05) is 31.9 Å². The van der Waals surface area contributed by atoms with E-state index in [2.05, 4.69) is 5.32 Å². The summed E-state index contributed by atoms with van der Waals surface area (Å²) in [4.78, 5) is 12.2. The highest BCUT2D eigenvalue weighted by molar-refractivity contribution is 5.95. The number of carbonyl (C=O) groups excluding carboxylic acids is 1. The van der Waals surface area contributed by atoms with E-state index in [9.17, 15) is 9.90 Å². The summed E-state index contributed by atoms with van der Waals surface area (Å²) in [5.41, 5.74) is 1.37. The molecule has 1 amide bonds. The number of hydrogen-bond donors (Lipinski definition) is 2. The van der Waals surface area contributed by atoms with Gasteiger partial charge in [0.1, 0.15) is 0 Å². The zero-order chi connectivity index (χ0) is 13.2. The van der Waals surface area contributed by atoms with Crippen molar-refractivity contribution < 1.29 is 9.90 Å². The molecule has 1 atom stereocenters. The Bertz CT molecular complexity index is 434. The zero-order valence-electron chi connectivity index (χ0n) is 11.1. The molecule has 1 aliphatic carbocycles. The number of benzene rings is 1. The molecule has 1 saturated carbocycles. The van der Waals surface area contributed by atoms with Crippen molar-refractivity contribution in [1.29, 1.82) is 0 Å². The number of nitrogens with one attached hydrogen (secondary N) is 1. The molecule has 0 bridgehead atoms. The van der Waals surface area contributed by atoms with Crippen molar-refractivity contribution in [2.45, 2.75) is 45.6 Å². The van der Waals surface area contributed by atoms with Gasteiger partial charge < -0.3 is 10.4 Å². The van der Waals surface area contributed by atoms with E-state index in [0.29, 0.717) is 0 Å². The lowest BCUT2D eigenvalue weighted by molar-refractivity contribution is -0.124. The Morgan fingerprint density at radius 1 is 1.39 bits per heavy atom. The van der Waals surface area contributed by atoms with Gasteiger partial charge >= 0.3 is 0 Å². The molecule has 1 aromatic rings. The Morgan fingerprint density at radius 3 is 2.67 bits per heavy atom. The predicted octanol–water partition coefficient (Wildman–Crippen LogP) is 3.26. The number of carbonyl (C=O) groups is 1. The number of amides is 1. The Hall–Kier alpha value is -1.35. The largest absolute Gasteiger partial charge is 0.389 e. The van der Waals surface area contributed by atoms with E-state index >= 15 is 0 Å². The van der Waals surface area contributed by atoms with Gasteiger partial charge in [-0.05, 0) is 37.5 Å². The van der Waals surface area contributed by atoms with Crippen molar-refractivity contribution in [3.8, 4) is 0 Å². The second-order valence-electron chi connectivity index (χ2n) is 5.52. The molecule has 3 nitrogen and oxygen atoms in total. The molecule has 1 aromatic carbocycles. The van der Waals surface area contributed by atoms with Crippen molar-refractivity contribution in [2.75, 3.05) is 5.32 Å². The first-order valence-corrected chi connectivity index (χ1v) is 6.61. The molecule has 2 N–H and O–H groups in total. The first-order valence-electron chi connectivity index (χ1n) is 6.61. The van der Waals surface area contributed by atoms with Gasteiger partial charge in [-0.3, -0.25) is 4.79 Å². The lowest BCUT2D eigenvalue weighted by Crippen LogP contribution is -2.30. The molecule has 1 fully saturated rings. The molecule has 2 rings (SSSR count). The van der Waals surface area contributed by atoms with Gasteiger partial charge in [-0.15, -0.1) is 0 Å². The SMILES string of the molecule is CC(O)c1cccc(NC(=O)C2(C)CCCC2)c1. The Kier molecular flexibility index (Phi) is 3.71. The molecule has 1 aliphatic rings. The quantitative estimate of drug-likeness (QED) is 0.861. The number of anilines is 1. The highest BCUT2D eigenvalue weighted by atomic mass is 16.3. The van der Waals surface area contributed by atoms with Crippen LogP contribution in [-0.2, 0) is 4.79 Å². The van der Waals surface area contributed by atoms with E-state index in [-0.39, 0.29) is 11.3 Å². The molecule has 3 heteroatoms. The van der Waals surface area contributed by atoms with Crippen LogP contribution >= 0.6 is 0 Å². The van der Waals surface area contributed by atoms with Crippen molar-refractivity contribution in [1.82, 2.24) is 0 Å². The van der Waals surface area contributed by atoms with Crippen LogP contribution in [0.5, 0.6) is 0 Å². The molecule has 18 heavy (non-hydrogen) atoms. The molecule has 0 radical (unpaired) electrons. The topological polar surface area (TPSA) is 49.3 Å². The molecule has 0 saturated heterocycles. The normalized spacial score (nSPS) is 19.5. The first-order chi connectivity index (χ1) is 8.51. The maximum atomic E-state index is 12.2. The van der Waals surface area contributed by atoms with Gasteiger partial charge in [0.15, 0.2) is 0 Å². The molecule has 98 valence electrons. The lowest BCUT2D eigenvalue weighted by Gasteiger charge is -2.22. The molecular formula is C15H21NO2. The molecule has 0 heterocycles. The molecule has 1 unspecified atom stereocenters. The van der Waals surface area contributed by atoms with Crippen LogP contribution in [0.1, 0.15) is 51.2 Å². The minimum atomic E-state index is -0.510. The van der Waals surface area contributed by atoms with Gasteiger partial charge in [0.05, 0.1) is 6.10 Å². The zero-order valence-corrected chi connectivity index (χ0v) is 11.1. The number of aliphatic hydroxyl groups is 1. The number of rotatable bonds is 3. The summed E-state index contributed by atoms with van der Waals surface area (Å²) in [7, 11) is 0. The van der Waals surface area contributed by atoms with E-state index < -0.39 is 6.10 Å². The second-order valence-corrected chi connectivity index (χ2v) is 5.52. The van der Waals surface area contributed by atoms with Crippen molar-refractivity contribution in [2.24, 2.45) is 5.41 Å². The Morgan fingerprint density at radius 2 is 2.06 bits per heavy atom. The maximum absolute atomic E-state index is 12.2. The summed E-state index contributed by atoms with van der Waals surface area (Å²) in [5, 5.41) is 12.5. The van der Waals surface area contributed by atoms with Crippen LogP contribution in [0.3, 0.4) is 0 Å². The summed E-state index contributed by atoms with van der Waals surface area (Å²) in [6.45, 7) is 3.76. The van der Waals surface area contributed by atoms with Crippen LogP contribution in [0, 0.1) is 5.41 Å². The van der Waals surface area contributed by atoms with Gasteiger partial charge in [0.25, 0.3) is 0 Å². The maximum Gasteiger partial charge on any atom is 0.230 e. The van der Waals surface area contributed by atoms with E-state index in [1.165, 1.54) is 0 Å². The Balaban J connectivity index is 2.09. The Labute approximate surface area is 108 Å². The van der Waals surface area contributed by atoms with Crippen molar-refractivity contribution in [3.05, 3.63) is 29.8 Å². The van der Waals surface area contributed by atoms with Gasteiger partial charge in [0, 0.05) is 11.1 Å².